The molecule has 6 nitrogen and oxygen atoms in total. The van der Waals surface area contributed by atoms with E-state index in [0.29, 0.717) is 23.7 Å². The van der Waals surface area contributed by atoms with Gasteiger partial charge < -0.3 is 24.4 Å². The van der Waals surface area contributed by atoms with Crippen molar-refractivity contribution >= 4 is 28.1 Å². The zero-order valence-electron chi connectivity index (χ0n) is 21.5. The standard InChI is InChI=1S/C31H31FN2O4/c1-21(26-13-5-9-22-8-3-4-12-27(22)26)33-17-16-25-19-34(31-28(32)14-7-15-29(31)38-25)23-10-6-11-24(18-23)37-20-30(35)36-2/h3-15,18,21,25,33H,16-17,19-20H2,1-2H3/t21-,25?/m1/s1. The molecule has 0 saturated heterocycles. The Labute approximate surface area is 221 Å². The van der Waals surface area contributed by atoms with Crippen LogP contribution in [0.15, 0.2) is 84.9 Å². The lowest BCUT2D eigenvalue weighted by atomic mass is 9.99. The summed E-state index contributed by atoms with van der Waals surface area (Å²) in [6, 6.07) is 27.1. The molecule has 196 valence electrons. The summed E-state index contributed by atoms with van der Waals surface area (Å²) in [6.07, 6.45) is 0.580. The molecule has 0 amide bonds. The maximum Gasteiger partial charge on any atom is 0.343 e. The van der Waals surface area contributed by atoms with Gasteiger partial charge in [-0.15, -0.1) is 0 Å². The van der Waals surface area contributed by atoms with Crippen molar-refractivity contribution in [2.24, 2.45) is 0 Å². The summed E-state index contributed by atoms with van der Waals surface area (Å²) in [5.74, 6) is 0.177. The number of nitrogens with zero attached hydrogens (tertiary/aromatic N) is 1. The van der Waals surface area contributed by atoms with E-state index in [9.17, 15) is 9.18 Å². The normalized spacial score (nSPS) is 15.4. The number of carbonyl (C=O) groups excluding carboxylic acids is 1. The molecule has 1 aliphatic rings. The van der Waals surface area contributed by atoms with E-state index in [0.717, 1.165) is 18.7 Å². The lowest BCUT2D eigenvalue weighted by molar-refractivity contribution is -0.142. The molecule has 4 aromatic carbocycles. The summed E-state index contributed by atoms with van der Waals surface area (Å²) in [6.45, 7) is 3.17. The van der Waals surface area contributed by atoms with Gasteiger partial charge in [0.05, 0.1) is 13.7 Å². The average Bonchev–Trinajstić information content (AvgIpc) is 2.95. The maximum atomic E-state index is 15.0. The minimum atomic E-state index is -0.469. The molecule has 5 rings (SSSR count). The number of esters is 1. The quantitative estimate of drug-likeness (QED) is 0.270. The summed E-state index contributed by atoms with van der Waals surface area (Å²) in [5.41, 5.74) is 2.40. The third-order valence-corrected chi connectivity index (χ3v) is 6.82. The van der Waals surface area contributed by atoms with Crippen LogP contribution in [0.2, 0.25) is 0 Å². The average molecular weight is 515 g/mol. The summed E-state index contributed by atoms with van der Waals surface area (Å²) < 4.78 is 31.4. The van der Waals surface area contributed by atoms with Crippen LogP contribution in [0.4, 0.5) is 15.8 Å². The number of rotatable bonds is 9. The predicted octanol–water partition coefficient (Wildman–Crippen LogP) is 6.17. The fourth-order valence-corrected chi connectivity index (χ4v) is 4.89. The van der Waals surface area contributed by atoms with Crippen molar-refractivity contribution in [2.45, 2.75) is 25.5 Å². The van der Waals surface area contributed by atoms with Gasteiger partial charge in [0.15, 0.2) is 12.4 Å². The number of hydrogen-bond acceptors (Lipinski definition) is 6. The Morgan fingerprint density at radius 2 is 1.87 bits per heavy atom. The minimum absolute atomic E-state index is 0.156. The summed E-state index contributed by atoms with van der Waals surface area (Å²) >= 11 is 0. The molecule has 7 heteroatoms. The number of carbonyl (C=O) groups is 1. The van der Waals surface area contributed by atoms with E-state index in [2.05, 4.69) is 59.4 Å². The van der Waals surface area contributed by atoms with Gasteiger partial charge in [-0.05, 0) is 60.5 Å². The SMILES string of the molecule is COC(=O)COc1cccc(N2CC(CCN[C@H](C)c3cccc4ccccc34)Oc3cccc(F)c32)c1. The number of benzene rings is 4. The molecule has 1 aliphatic heterocycles. The third-order valence-electron chi connectivity index (χ3n) is 6.82. The Balaban J connectivity index is 1.30. The van der Waals surface area contributed by atoms with Crippen molar-refractivity contribution in [3.05, 3.63) is 96.3 Å². The third kappa shape index (κ3) is 5.58. The molecule has 2 atom stereocenters. The Bertz CT molecular complexity index is 1420. The van der Waals surface area contributed by atoms with Gasteiger partial charge in [-0.25, -0.2) is 9.18 Å². The molecule has 1 unspecified atom stereocenters. The summed E-state index contributed by atoms with van der Waals surface area (Å²) in [5, 5.41) is 6.10. The van der Waals surface area contributed by atoms with Crippen molar-refractivity contribution in [3.8, 4) is 11.5 Å². The van der Waals surface area contributed by atoms with Gasteiger partial charge >= 0.3 is 5.97 Å². The first-order valence-electron chi connectivity index (χ1n) is 12.8. The Kier molecular flexibility index (Phi) is 7.75. The van der Waals surface area contributed by atoms with E-state index in [-0.39, 0.29) is 24.6 Å². The van der Waals surface area contributed by atoms with E-state index in [1.165, 1.54) is 29.5 Å². The highest BCUT2D eigenvalue weighted by molar-refractivity contribution is 5.86. The van der Waals surface area contributed by atoms with Crippen LogP contribution in [0.3, 0.4) is 0 Å². The number of fused-ring (bicyclic) bond motifs is 2. The lowest BCUT2D eigenvalue weighted by Gasteiger charge is -2.37. The molecule has 0 saturated carbocycles. The van der Waals surface area contributed by atoms with Gasteiger partial charge in [0.25, 0.3) is 0 Å². The number of ether oxygens (including phenoxy) is 3. The first kappa shape index (κ1) is 25.5. The van der Waals surface area contributed by atoms with E-state index >= 15 is 0 Å². The van der Waals surface area contributed by atoms with E-state index in [1.54, 1.807) is 24.3 Å². The van der Waals surface area contributed by atoms with Crippen LogP contribution >= 0.6 is 0 Å². The van der Waals surface area contributed by atoms with Crippen LogP contribution in [-0.4, -0.2) is 38.9 Å². The number of halogens is 1. The van der Waals surface area contributed by atoms with Crippen LogP contribution in [-0.2, 0) is 9.53 Å². The molecule has 4 aromatic rings. The van der Waals surface area contributed by atoms with Gasteiger partial charge in [0.2, 0.25) is 0 Å². The van der Waals surface area contributed by atoms with Crippen LogP contribution < -0.4 is 19.7 Å². The van der Waals surface area contributed by atoms with Gasteiger partial charge in [0.1, 0.15) is 23.3 Å². The molecule has 0 bridgehead atoms. The second kappa shape index (κ2) is 11.5. The molecule has 38 heavy (non-hydrogen) atoms. The highest BCUT2D eigenvalue weighted by Crippen LogP contribution is 2.41. The van der Waals surface area contributed by atoms with Gasteiger partial charge in [-0.1, -0.05) is 54.6 Å². The smallest absolute Gasteiger partial charge is 0.343 e. The van der Waals surface area contributed by atoms with Crippen LogP contribution in [0.25, 0.3) is 10.8 Å². The summed E-state index contributed by atoms with van der Waals surface area (Å²) in [4.78, 5) is 13.4. The Morgan fingerprint density at radius 1 is 1.08 bits per heavy atom. The largest absolute Gasteiger partial charge is 0.486 e. The molecule has 0 radical (unpaired) electrons. The van der Waals surface area contributed by atoms with Gasteiger partial charge in [-0.2, -0.15) is 0 Å². The predicted molar refractivity (Wildman–Crippen MR) is 147 cm³/mol. The maximum absolute atomic E-state index is 15.0. The topological polar surface area (TPSA) is 60.0 Å². The Morgan fingerprint density at radius 3 is 2.74 bits per heavy atom. The first-order chi connectivity index (χ1) is 18.5. The van der Waals surface area contributed by atoms with Crippen molar-refractivity contribution in [3.63, 3.8) is 0 Å². The lowest BCUT2D eigenvalue weighted by Crippen LogP contribution is -2.39. The zero-order valence-corrected chi connectivity index (χ0v) is 21.5. The molecular formula is C31H31FN2O4. The second-order valence-corrected chi connectivity index (χ2v) is 9.33. The molecule has 0 aliphatic carbocycles. The molecule has 0 fully saturated rings. The van der Waals surface area contributed by atoms with Crippen molar-refractivity contribution in [1.29, 1.82) is 0 Å². The summed E-state index contributed by atoms with van der Waals surface area (Å²) in [7, 11) is 1.31. The molecule has 1 heterocycles. The second-order valence-electron chi connectivity index (χ2n) is 9.33. The van der Waals surface area contributed by atoms with Crippen LogP contribution in [0, 0.1) is 5.82 Å². The van der Waals surface area contributed by atoms with Crippen molar-refractivity contribution in [1.82, 2.24) is 5.32 Å². The van der Waals surface area contributed by atoms with Crippen molar-refractivity contribution in [2.75, 3.05) is 31.7 Å². The Hall–Kier alpha value is -4.10. The molecular weight excluding hydrogens is 483 g/mol. The first-order valence-corrected chi connectivity index (χ1v) is 12.8. The van der Waals surface area contributed by atoms with E-state index < -0.39 is 5.97 Å². The monoisotopic (exact) mass is 514 g/mol. The van der Waals surface area contributed by atoms with Gasteiger partial charge in [-0.3, -0.25) is 0 Å². The van der Waals surface area contributed by atoms with Gasteiger partial charge in [0, 0.05) is 17.8 Å². The minimum Gasteiger partial charge on any atom is -0.486 e. The highest BCUT2D eigenvalue weighted by Gasteiger charge is 2.29. The number of methoxy groups -OCH3 is 1. The van der Waals surface area contributed by atoms with Crippen molar-refractivity contribution < 1.29 is 23.4 Å². The molecule has 0 spiro atoms. The van der Waals surface area contributed by atoms with Crippen LogP contribution in [0.5, 0.6) is 11.5 Å². The number of nitrogens with one attached hydrogen (secondary N) is 1. The molecule has 0 aromatic heterocycles. The van der Waals surface area contributed by atoms with E-state index in [4.69, 9.17) is 9.47 Å². The zero-order chi connectivity index (χ0) is 26.5. The number of para-hydroxylation sites is 1. The fraction of sp³-hybridized carbons (Fsp3) is 0.258. The molecule has 1 N–H and O–H groups in total. The van der Waals surface area contributed by atoms with E-state index in [1.807, 2.05) is 17.0 Å². The van der Waals surface area contributed by atoms with Crippen LogP contribution in [0.1, 0.15) is 24.9 Å². The number of anilines is 2. The fourth-order valence-electron chi connectivity index (χ4n) is 4.89. The highest BCUT2D eigenvalue weighted by atomic mass is 19.1. The number of hydrogen-bond donors (Lipinski definition) is 1.